The third-order valence-electron chi connectivity index (χ3n) is 6.89. The van der Waals surface area contributed by atoms with Crippen LogP contribution in [0.4, 0.5) is 10.5 Å². The Bertz CT molecular complexity index is 653. The summed E-state index contributed by atoms with van der Waals surface area (Å²) in [6.07, 6.45) is 9.52. The second-order valence-corrected chi connectivity index (χ2v) is 9.14. The van der Waals surface area contributed by atoms with Crippen LogP contribution in [0.25, 0.3) is 0 Å². The molecule has 0 saturated heterocycles. The number of anilines is 1. The van der Waals surface area contributed by atoms with Crippen molar-refractivity contribution in [1.29, 1.82) is 0 Å². The van der Waals surface area contributed by atoms with Gasteiger partial charge in [0.2, 0.25) is 5.91 Å². The van der Waals surface area contributed by atoms with E-state index >= 15 is 0 Å². The van der Waals surface area contributed by atoms with E-state index in [1.165, 1.54) is 38.5 Å². The van der Waals surface area contributed by atoms with Crippen LogP contribution in [0.15, 0.2) is 30.3 Å². The molecule has 4 aliphatic rings. The monoisotopic (exact) mass is 369 g/mol. The number of carbonyl (C=O) groups is 2. The van der Waals surface area contributed by atoms with Gasteiger partial charge in [-0.15, -0.1) is 0 Å². The van der Waals surface area contributed by atoms with E-state index in [1.54, 1.807) is 6.92 Å². The van der Waals surface area contributed by atoms with Crippen LogP contribution >= 0.6 is 0 Å². The van der Waals surface area contributed by atoms with Crippen LogP contribution < -0.4 is 16.0 Å². The lowest BCUT2D eigenvalue weighted by atomic mass is 9.49. The molecule has 3 N–H and O–H groups in total. The van der Waals surface area contributed by atoms with Crippen molar-refractivity contribution < 1.29 is 9.59 Å². The summed E-state index contributed by atoms with van der Waals surface area (Å²) >= 11 is 0. The average molecular weight is 370 g/mol. The molecule has 0 heterocycles. The lowest BCUT2D eigenvalue weighted by Gasteiger charge is -2.57. The zero-order chi connectivity index (χ0) is 18.9. The van der Waals surface area contributed by atoms with Crippen molar-refractivity contribution in [3.63, 3.8) is 0 Å². The molecule has 0 radical (unpaired) electrons. The van der Waals surface area contributed by atoms with Crippen LogP contribution in [0.3, 0.4) is 0 Å². The first kappa shape index (κ1) is 18.3. The SMILES string of the molecule is CC(NC(=O)Nc1ccccc1)C(=O)NCCC12CC3CC(CC(C3)C1)C2. The van der Waals surface area contributed by atoms with Crippen LogP contribution in [0.2, 0.25) is 0 Å². The molecule has 3 amide bonds. The number of amides is 3. The van der Waals surface area contributed by atoms with Gasteiger partial charge in [0.25, 0.3) is 0 Å². The molecule has 0 aromatic heterocycles. The van der Waals surface area contributed by atoms with Gasteiger partial charge in [-0.25, -0.2) is 4.79 Å². The van der Waals surface area contributed by atoms with Crippen molar-refractivity contribution in [3.05, 3.63) is 30.3 Å². The van der Waals surface area contributed by atoms with Crippen molar-refractivity contribution in [1.82, 2.24) is 10.6 Å². The normalized spacial score (nSPS) is 32.0. The molecule has 5 nitrogen and oxygen atoms in total. The van der Waals surface area contributed by atoms with Gasteiger partial charge in [-0.3, -0.25) is 4.79 Å². The lowest BCUT2D eigenvalue weighted by Crippen LogP contribution is -2.49. The van der Waals surface area contributed by atoms with E-state index in [0.29, 0.717) is 11.1 Å². The number of nitrogens with one attached hydrogen (secondary N) is 3. The van der Waals surface area contributed by atoms with Crippen LogP contribution in [0, 0.1) is 23.2 Å². The smallest absolute Gasteiger partial charge is 0.319 e. The van der Waals surface area contributed by atoms with Gasteiger partial charge < -0.3 is 16.0 Å². The Kier molecular flexibility index (Phi) is 5.11. The number of rotatable bonds is 6. The molecular formula is C22H31N3O2. The number of urea groups is 1. The van der Waals surface area contributed by atoms with Gasteiger partial charge in [-0.1, -0.05) is 18.2 Å². The molecule has 5 heteroatoms. The largest absolute Gasteiger partial charge is 0.354 e. The summed E-state index contributed by atoms with van der Waals surface area (Å²) in [6.45, 7) is 2.45. The minimum absolute atomic E-state index is 0.108. The van der Waals surface area contributed by atoms with E-state index < -0.39 is 6.04 Å². The Morgan fingerprint density at radius 1 is 1.04 bits per heavy atom. The Hall–Kier alpha value is -2.04. The second kappa shape index (κ2) is 7.53. The van der Waals surface area contributed by atoms with Crippen molar-refractivity contribution in [2.75, 3.05) is 11.9 Å². The maximum atomic E-state index is 12.4. The third-order valence-corrected chi connectivity index (χ3v) is 6.89. The van der Waals surface area contributed by atoms with Crippen molar-refractivity contribution >= 4 is 17.6 Å². The van der Waals surface area contributed by atoms with Gasteiger partial charge in [-0.2, -0.15) is 0 Å². The van der Waals surface area contributed by atoms with Gasteiger partial charge >= 0.3 is 6.03 Å². The van der Waals surface area contributed by atoms with E-state index in [4.69, 9.17) is 0 Å². The van der Waals surface area contributed by atoms with Gasteiger partial charge in [0.1, 0.15) is 6.04 Å². The van der Waals surface area contributed by atoms with E-state index in [9.17, 15) is 9.59 Å². The predicted octanol–water partition coefficient (Wildman–Crippen LogP) is 3.92. The first-order valence-corrected chi connectivity index (χ1v) is 10.4. The summed E-state index contributed by atoms with van der Waals surface area (Å²) in [6, 6.07) is 8.33. The molecule has 4 fully saturated rings. The highest BCUT2D eigenvalue weighted by atomic mass is 16.2. The minimum atomic E-state index is -0.551. The van der Waals surface area contributed by atoms with Gasteiger partial charge in [-0.05, 0) is 87.2 Å². The number of benzene rings is 1. The quantitative estimate of drug-likeness (QED) is 0.711. The molecule has 146 valence electrons. The predicted molar refractivity (Wildman–Crippen MR) is 106 cm³/mol. The van der Waals surface area contributed by atoms with Gasteiger partial charge in [0.15, 0.2) is 0 Å². The standard InChI is InChI=1S/C22H31N3O2/c1-15(24-21(27)25-19-5-3-2-4-6-19)20(26)23-8-7-22-12-16-9-17(13-22)11-18(10-16)14-22/h2-6,15-18H,7-14H2,1H3,(H,23,26)(H2,24,25,27). The van der Waals surface area contributed by atoms with Crippen LogP contribution in [0.5, 0.6) is 0 Å². The molecule has 4 saturated carbocycles. The maximum absolute atomic E-state index is 12.4. The van der Waals surface area contributed by atoms with Crippen molar-refractivity contribution in [3.8, 4) is 0 Å². The molecule has 1 aromatic carbocycles. The molecule has 0 spiro atoms. The fraction of sp³-hybridized carbons (Fsp3) is 0.636. The van der Waals surface area contributed by atoms with Crippen molar-refractivity contribution in [2.45, 2.75) is 57.9 Å². The van der Waals surface area contributed by atoms with E-state index in [1.807, 2.05) is 30.3 Å². The number of carbonyl (C=O) groups excluding carboxylic acids is 2. The first-order valence-electron chi connectivity index (χ1n) is 10.4. The van der Waals surface area contributed by atoms with Gasteiger partial charge in [0.05, 0.1) is 0 Å². The molecule has 0 aliphatic heterocycles. The van der Waals surface area contributed by atoms with E-state index in [-0.39, 0.29) is 11.9 Å². The summed E-state index contributed by atoms with van der Waals surface area (Å²) in [5.41, 5.74) is 1.19. The second-order valence-electron chi connectivity index (χ2n) is 9.14. The topological polar surface area (TPSA) is 70.2 Å². The summed E-state index contributed by atoms with van der Waals surface area (Å²) in [5, 5.41) is 8.50. The van der Waals surface area contributed by atoms with Gasteiger partial charge in [0, 0.05) is 12.2 Å². The third kappa shape index (κ3) is 4.28. The molecule has 27 heavy (non-hydrogen) atoms. The minimum Gasteiger partial charge on any atom is -0.354 e. The fourth-order valence-electron chi connectivity index (χ4n) is 6.15. The molecule has 4 aliphatic carbocycles. The first-order chi connectivity index (χ1) is 13.0. The van der Waals surface area contributed by atoms with Crippen LogP contribution in [0.1, 0.15) is 51.9 Å². The Morgan fingerprint density at radius 2 is 1.63 bits per heavy atom. The molecule has 1 unspecified atom stereocenters. The summed E-state index contributed by atoms with van der Waals surface area (Å²) in [4.78, 5) is 24.4. The molecule has 1 aromatic rings. The summed E-state index contributed by atoms with van der Waals surface area (Å²) in [5.74, 6) is 2.71. The molecule has 1 atom stereocenters. The average Bonchev–Trinajstić information content (AvgIpc) is 2.61. The van der Waals surface area contributed by atoms with E-state index in [2.05, 4.69) is 16.0 Å². The summed E-state index contributed by atoms with van der Waals surface area (Å²) < 4.78 is 0. The maximum Gasteiger partial charge on any atom is 0.319 e. The zero-order valence-corrected chi connectivity index (χ0v) is 16.2. The zero-order valence-electron chi connectivity index (χ0n) is 16.2. The van der Waals surface area contributed by atoms with Crippen LogP contribution in [-0.2, 0) is 4.79 Å². The Balaban J connectivity index is 1.21. The Morgan fingerprint density at radius 3 is 2.22 bits per heavy atom. The fourth-order valence-corrected chi connectivity index (χ4v) is 6.15. The highest BCUT2D eigenvalue weighted by Crippen LogP contribution is 2.61. The summed E-state index contributed by atoms with van der Waals surface area (Å²) in [7, 11) is 0. The molecule has 4 bridgehead atoms. The number of hydrogen-bond acceptors (Lipinski definition) is 2. The highest BCUT2D eigenvalue weighted by Gasteiger charge is 2.50. The number of para-hydroxylation sites is 1. The van der Waals surface area contributed by atoms with Crippen LogP contribution in [-0.4, -0.2) is 24.5 Å². The molecular weight excluding hydrogens is 338 g/mol. The highest BCUT2D eigenvalue weighted by molar-refractivity contribution is 5.93. The van der Waals surface area contributed by atoms with Crippen molar-refractivity contribution in [2.24, 2.45) is 23.2 Å². The lowest BCUT2D eigenvalue weighted by molar-refractivity contribution is -0.122. The Labute approximate surface area is 161 Å². The number of hydrogen-bond donors (Lipinski definition) is 3. The molecule has 5 rings (SSSR count). The van der Waals surface area contributed by atoms with E-state index in [0.717, 1.165) is 30.7 Å².